The molecule has 2 amide bonds. The maximum Gasteiger partial charge on any atom is 0.419 e. The van der Waals surface area contributed by atoms with Crippen molar-refractivity contribution in [1.29, 1.82) is 0 Å². The number of alkyl halides is 6. The summed E-state index contributed by atoms with van der Waals surface area (Å²) in [4.78, 5) is 50.3. The van der Waals surface area contributed by atoms with E-state index in [1.165, 1.54) is 24.0 Å². The van der Waals surface area contributed by atoms with E-state index in [-0.39, 0.29) is 49.9 Å². The molecule has 0 bridgehead atoms. The highest BCUT2D eigenvalue weighted by Crippen LogP contribution is 2.34. The Kier molecular flexibility index (Phi) is 18.2. The fraction of sp³-hybridized carbons (Fsp3) is 0.407. The van der Waals surface area contributed by atoms with Gasteiger partial charge in [-0.25, -0.2) is 19.9 Å². The monoisotopic (exact) mass is 994 g/mol. The molecule has 0 saturated carbocycles. The van der Waals surface area contributed by atoms with Crippen LogP contribution in [-0.2, 0) is 73.3 Å². The number of likely N-dealkylation sites (tertiary alicyclic amines) is 1. The van der Waals surface area contributed by atoms with E-state index in [0.29, 0.717) is 58.8 Å². The van der Waals surface area contributed by atoms with Crippen LogP contribution < -0.4 is 16.8 Å². The fourth-order valence-electron chi connectivity index (χ4n) is 9.44. The van der Waals surface area contributed by atoms with Crippen LogP contribution >= 0.6 is 0 Å². The predicted molar refractivity (Wildman–Crippen MR) is 261 cm³/mol. The molecule has 6 heterocycles. The number of primary amides is 2. The number of amides is 2. The number of halogens is 6. The Bertz CT molecular complexity index is 2750. The second-order valence-electron chi connectivity index (χ2n) is 18.4. The van der Waals surface area contributed by atoms with E-state index in [4.69, 9.17) is 11.5 Å². The molecule has 2 atom stereocenters. The van der Waals surface area contributed by atoms with Crippen molar-refractivity contribution in [3.63, 3.8) is 0 Å². The number of aromatic nitrogens is 6. The van der Waals surface area contributed by atoms with Crippen molar-refractivity contribution in [3.8, 4) is 0 Å². The molecule has 2 fully saturated rings. The number of pyridine rings is 2. The van der Waals surface area contributed by atoms with Crippen LogP contribution in [0.3, 0.4) is 0 Å². The van der Waals surface area contributed by atoms with Gasteiger partial charge in [-0.2, -0.15) is 26.3 Å². The zero-order valence-corrected chi connectivity index (χ0v) is 40.3. The number of aryl methyl sites for hydroxylation is 4. The molecule has 18 heteroatoms. The van der Waals surface area contributed by atoms with Crippen molar-refractivity contribution < 1.29 is 35.9 Å². The van der Waals surface area contributed by atoms with E-state index in [1.807, 2.05) is 24.3 Å². The van der Waals surface area contributed by atoms with Crippen molar-refractivity contribution in [1.82, 2.24) is 40.1 Å². The normalized spacial score (nSPS) is 16.4. The second kappa shape index (κ2) is 24.6. The highest BCUT2D eigenvalue weighted by atomic mass is 19.4. The van der Waals surface area contributed by atoms with E-state index in [2.05, 4.69) is 71.3 Å². The summed E-state index contributed by atoms with van der Waals surface area (Å²) < 4.78 is 82.0. The molecule has 2 aliphatic heterocycles. The number of carbonyl (C=O) groups is 2. The number of nitrogens with zero attached hydrogens (tertiary/aromatic N) is 7. The summed E-state index contributed by atoms with van der Waals surface area (Å²) >= 11 is 0. The van der Waals surface area contributed by atoms with E-state index in [9.17, 15) is 35.9 Å². The first-order valence-corrected chi connectivity index (χ1v) is 24.4. The SMILES string of the molecule is CCN1CCCC(c2ccc(Cc3ncc(C(F)(F)F)c(CCc4ncccc4CC(N)=O)n3)cc2)C1.NC(=O)Cc1cccnc1CCc1nc(Cc2ccc(C3CCCNC3)cc2)ncc1C(F)(F)F. The molecule has 4 aromatic heterocycles. The number of hydrogen-bond donors (Lipinski definition) is 3. The molecule has 0 aliphatic carbocycles. The van der Waals surface area contributed by atoms with Crippen molar-refractivity contribution in [2.75, 3.05) is 32.7 Å². The van der Waals surface area contributed by atoms with E-state index in [0.717, 1.165) is 69.1 Å². The third-order valence-corrected chi connectivity index (χ3v) is 13.2. The quantitative estimate of drug-likeness (QED) is 0.0754. The van der Waals surface area contributed by atoms with Crippen LogP contribution in [0.5, 0.6) is 0 Å². The molecule has 0 radical (unpaired) electrons. The van der Waals surface area contributed by atoms with Crippen LogP contribution in [0, 0.1) is 0 Å². The Balaban J connectivity index is 0.000000212. The second-order valence-corrected chi connectivity index (χ2v) is 18.4. The molecule has 0 spiro atoms. The summed E-state index contributed by atoms with van der Waals surface area (Å²) in [5, 5.41) is 3.41. The molecule has 5 N–H and O–H groups in total. The molecule has 2 saturated heterocycles. The zero-order chi connectivity index (χ0) is 51.3. The summed E-state index contributed by atoms with van der Waals surface area (Å²) in [5.41, 5.74) is 15.5. The number of benzene rings is 2. The van der Waals surface area contributed by atoms with E-state index in [1.54, 1.807) is 36.7 Å². The first-order valence-electron chi connectivity index (χ1n) is 24.4. The minimum absolute atomic E-state index is 0.0146. The van der Waals surface area contributed by atoms with Gasteiger partial charge in [0.2, 0.25) is 11.8 Å². The molecule has 2 aromatic carbocycles. The number of hydrogen-bond acceptors (Lipinski definition) is 10. The standard InChI is InChI=1S/C28H32F3N5O.C26H28F3N5O/c1-2-36-14-4-6-22(18-36)20-9-7-19(8-10-20)15-27-34-17-23(28(29,30)31)25(35-27)12-11-24-21(16-26(32)37)5-3-13-33-24;27-26(28,29)21-16-33-25(13-17-5-7-18(8-6-17)20-4-1-11-31-15-20)34-23(21)10-9-22-19(14-24(30)35)3-2-12-32-22/h3,5,7-10,13,17,22H,2,4,6,11-12,14-16,18H2,1H3,(H2,32,37);2-3,5-8,12,16,20,31H,1,4,9-11,13-15H2,(H2,30,35). The number of likely N-dealkylation sites (N-methyl/N-ethyl adjacent to an activating group) is 1. The first kappa shape index (κ1) is 53.1. The number of piperidine rings is 2. The summed E-state index contributed by atoms with van der Waals surface area (Å²) in [6.45, 7) is 7.44. The molecule has 6 aromatic rings. The number of carbonyl (C=O) groups excluding carboxylic acids is 2. The van der Waals surface area contributed by atoms with Crippen molar-refractivity contribution in [2.24, 2.45) is 11.5 Å². The predicted octanol–water partition coefficient (Wildman–Crippen LogP) is 8.25. The number of nitrogens with one attached hydrogen (secondary N) is 1. The van der Waals surface area contributed by atoms with Gasteiger partial charge < -0.3 is 21.7 Å². The Morgan fingerprint density at radius 1 is 0.625 bits per heavy atom. The fourth-order valence-corrected chi connectivity index (χ4v) is 9.44. The van der Waals surface area contributed by atoms with Gasteiger partial charge in [-0.05, 0) is 128 Å². The molecule has 2 unspecified atom stereocenters. The smallest absolute Gasteiger partial charge is 0.369 e. The molecular formula is C54H60F6N10O2. The van der Waals surface area contributed by atoms with Crippen LogP contribution in [0.1, 0.15) is 123 Å². The highest BCUT2D eigenvalue weighted by molar-refractivity contribution is 5.77. The Morgan fingerprint density at radius 3 is 1.51 bits per heavy atom. The average molecular weight is 995 g/mol. The maximum absolute atomic E-state index is 13.7. The lowest BCUT2D eigenvalue weighted by Crippen LogP contribution is -2.34. The lowest BCUT2D eigenvalue weighted by atomic mass is 9.90. The van der Waals surface area contributed by atoms with Gasteiger partial charge in [-0.15, -0.1) is 0 Å². The van der Waals surface area contributed by atoms with Crippen LogP contribution in [-0.4, -0.2) is 79.3 Å². The Morgan fingerprint density at radius 2 is 1.08 bits per heavy atom. The van der Waals surface area contributed by atoms with Crippen LogP contribution in [0.15, 0.2) is 97.6 Å². The third kappa shape index (κ3) is 15.2. The van der Waals surface area contributed by atoms with E-state index < -0.39 is 35.3 Å². The lowest BCUT2D eigenvalue weighted by molar-refractivity contribution is -0.139. The summed E-state index contributed by atoms with van der Waals surface area (Å²) in [6.07, 6.45) is 1.42. The molecule has 12 nitrogen and oxygen atoms in total. The third-order valence-electron chi connectivity index (χ3n) is 13.2. The summed E-state index contributed by atoms with van der Waals surface area (Å²) in [5.74, 6) is 0.611. The van der Waals surface area contributed by atoms with Crippen molar-refractivity contribution >= 4 is 11.8 Å². The molecular weight excluding hydrogens is 935 g/mol. The molecule has 8 rings (SSSR count). The average Bonchev–Trinajstić information content (AvgIpc) is 3.36. The van der Waals surface area contributed by atoms with Gasteiger partial charge in [0.1, 0.15) is 11.6 Å². The van der Waals surface area contributed by atoms with Crippen LogP contribution in [0.2, 0.25) is 0 Å². The minimum Gasteiger partial charge on any atom is -0.369 e. The van der Waals surface area contributed by atoms with Crippen molar-refractivity contribution in [2.45, 2.75) is 108 Å². The number of nitrogens with two attached hydrogens (primary N) is 2. The Hall–Kier alpha value is -6.66. The summed E-state index contributed by atoms with van der Waals surface area (Å²) in [7, 11) is 0. The van der Waals surface area contributed by atoms with Gasteiger partial charge >= 0.3 is 12.4 Å². The highest BCUT2D eigenvalue weighted by Gasteiger charge is 2.36. The summed E-state index contributed by atoms with van der Waals surface area (Å²) in [6, 6.07) is 23.2. The number of rotatable bonds is 17. The van der Waals surface area contributed by atoms with Gasteiger partial charge in [0.05, 0.1) is 35.4 Å². The first-order chi connectivity index (χ1) is 34.5. The Labute approximate surface area is 415 Å². The van der Waals surface area contributed by atoms with Gasteiger partial charge in [0, 0.05) is 62.1 Å². The van der Waals surface area contributed by atoms with Gasteiger partial charge in [-0.3, -0.25) is 19.6 Å². The molecule has 72 heavy (non-hydrogen) atoms. The van der Waals surface area contributed by atoms with Crippen molar-refractivity contribution in [3.05, 3.63) is 177 Å². The van der Waals surface area contributed by atoms with Gasteiger partial charge in [-0.1, -0.05) is 67.6 Å². The largest absolute Gasteiger partial charge is 0.419 e. The zero-order valence-electron chi connectivity index (χ0n) is 40.3. The van der Waals surface area contributed by atoms with Crippen LogP contribution in [0.4, 0.5) is 26.3 Å². The molecule has 2 aliphatic rings. The van der Waals surface area contributed by atoms with Crippen LogP contribution in [0.25, 0.3) is 0 Å². The lowest BCUT2D eigenvalue weighted by Gasteiger charge is -2.32. The minimum atomic E-state index is -4.57. The topological polar surface area (TPSA) is 179 Å². The van der Waals surface area contributed by atoms with Gasteiger partial charge in [0.25, 0.3) is 0 Å². The van der Waals surface area contributed by atoms with E-state index >= 15 is 0 Å². The molecule has 380 valence electrons. The van der Waals surface area contributed by atoms with Gasteiger partial charge in [0.15, 0.2) is 0 Å². The maximum atomic E-state index is 13.7.